The summed E-state index contributed by atoms with van der Waals surface area (Å²) in [6, 6.07) is 10.7. The monoisotopic (exact) mass is 274 g/mol. The molecule has 1 aromatic rings. The number of nitrogens with zero attached hydrogens (tertiary/aromatic N) is 1. The van der Waals surface area contributed by atoms with Gasteiger partial charge in [0, 0.05) is 19.2 Å². The molecule has 1 aliphatic rings. The fraction of sp³-hybridized carbons (Fsp3) is 0.562. The van der Waals surface area contributed by atoms with E-state index in [1.807, 2.05) is 30.3 Å². The first-order chi connectivity index (χ1) is 9.72. The maximum atomic E-state index is 8.48. The minimum atomic E-state index is 0.0909. The number of rotatable bonds is 6. The van der Waals surface area contributed by atoms with Crippen molar-refractivity contribution in [2.75, 3.05) is 13.7 Å². The highest BCUT2D eigenvalue weighted by Crippen LogP contribution is 2.25. The third-order valence-electron chi connectivity index (χ3n) is 3.89. The molecular formula is C16H22N2O2. The molecule has 4 nitrogen and oxygen atoms in total. The van der Waals surface area contributed by atoms with Gasteiger partial charge in [0.25, 0.3) is 0 Å². The maximum absolute atomic E-state index is 8.48. The van der Waals surface area contributed by atoms with Crippen LogP contribution in [0.25, 0.3) is 0 Å². The Morgan fingerprint density at radius 1 is 1.35 bits per heavy atom. The minimum absolute atomic E-state index is 0.0909. The Labute approximate surface area is 120 Å². The molecule has 1 aromatic carbocycles. The van der Waals surface area contributed by atoms with Gasteiger partial charge in [-0.2, -0.15) is 5.26 Å². The van der Waals surface area contributed by atoms with E-state index in [0.717, 1.165) is 18.6 Å². The third kappa shape index (κ3) is 3.96. The highest BCUT2D eigenvalue weighted by molar-refractivity contribution is 5.29. The molecule has 0 spiro atoms. The Morgan fingerprint density at radius 3 is 2.70 bits per heavy atom. The molecule has 4 heteroatoms. The molecular weight excluding hydrogens is 252 g/mol. The lowest BCUT2D eigenvalue weighted by atomic mass is 10.1. The van der Waals surface area contributed by atoms with Crippen molar-refractivity contribution in [2.45, 2.75) is 44.4 Å². The van der Waals surface area contributed by atoms with Crippen LogP contribution < -0.4 is 10.1 Å². The standard InChI is InChI=1S/C16H22N2O2/c1-12(18-14-5-8-16(11-14)19-2)13-3-6-15(7-4-13)20-10-9-17/h3-4,6-7,12,14,16,18H,5,8,10-11H2,1-2H3. The first-order valence-corrected chi connectivity index (χ1v) is 7.11. The molecule has 1 saturated carbocycles. The average molecular weight is 274 g/mol. The van der Waals surface area contributed by atoms with Crippen LogP contribution >= 0.6 is 0 Å². The van der Waals surface area contributed by atoms with Gasteiger partial charge in [-0.15, -0.1) is 0 Å². The summed E-state index contributed by atoms with van der Waals surface area (Å²) in [4.78, 5) is 0. The number of benzene rings is 1. The summed E-state index contributed by atoms with van der Waals surface area (Å²) in [6.07, 6.45) is 3.81. The van der Waals surface area contributed by atoms with Crippen molar-refractivity contribution in [2.24, 2.45) is 0 Å². The van der Waals surface area contributed by atoms with Gasteiger partial charge in [-0.3, -0.25) is 0 Å². The lowest BCUT2D eigenvalue weighted by Crippen LogP contribution is -2.29. The van der Waals surface area contributed by atoms with Crippen LogP contribution in [0.5, 0.6) is 5.75 Å². The normalized spacial score (nSPS) is 23.2. The molecule has 1 aliphatic carbocycles. The minimum Gasteiger partial charge on any atom is -0.479 e. The van der Waals surface area contributed by atoms with Crippen LogP contribution in [0, 0.1) is 11.3 Å². The van der Waals surface area contributed by atoms with Gasteiger partial charge < -0.3 is 14.8 Å². The summed E-state index contributed by atoms with van der Waals surface area (Å²) in [5.41, 5.74) is 1.23. The number of nitrogens with one attached hydrogen (secondary N) is 1. The molecule has 0 aromatic heterocycles. The molecule has 1 fully saturated rings. The van der Waals surface area contributed by atoms with Crippen molar-refractivity contribution < 1.29 is 9.47 Å². The first-order valence-electron chi connectivity index (χ1n) is 7.11. The van der Waals surface area contributed by atoms with Crippen molar-refractivity contribution in [3.63, 3.8) is 0 Å². The summed E-state index contributed by atoms with van der Waals surface area (Å²) in [7, 11) is 1.79. The van der Waals surface area contributed by atoms with Crippen molar-refractivity contribution in [3.05, 3.63) is 29.8 Å². The van der Waals surface area contributed by atoms with Gasteiger partial charge in [-0.25, -0.2) is 0 Å². The van der Waals surface area contributed by atoms with Crippen LogP contribution in [-0.2, 0) is 4.74 Å². The van der Waals surface area contributed by atoms with Crippen LogP contribution in [0.4, 0.5) is 0 Å². The van der Waals surface area contributed by atoms with Crippen molar-refractivity contribution in [1.82, 2.24) is 5.32 Å². The van der Waals surface area contributed by atoms with Gasteiger partial charge in [0.2, 0.25) is 0 Å². The second kappa shape index (κ2) is 7.28. The van der Waals surface area contributed by atoms with E-state index in [1.54, 1.807) is 7.11 Å². The predicted molar refractivity (Wildman–Crippen MR) is 77.5 cm³/mol. The Kier molecular flexibility index (Phi) is 5.40. The zero-order chi connectivity index (χ0) is 14.4. The van der Waals surface area contributed by atoms with E-state index in [0.29, 0.717) is 18.2 Å². The summed E-state index contributed by atoms with van der Waals surface area (Å²) in [5, 5.41) is 12.1. The zero-order valence-corrected chi connectivity index (χ0v) is 12.1. The lowest BCUT2D eigenvalue weighted by molar-refractivity contribution is 0.106. The Morgan fingerprint density at radius 2 is 2.10 bits per heavy atom. The molecule has 3 atom stereocenters. The summed E-state index contributed by atoms with van der Waals surface area (Å²) < 4.78 is 10.7. The van der Waals surface area contributed by atoms with E-state index in [1.165, 1.54) is 12.0 Å². The molecule has 0 bridgehead atoms. The van der Waals surface area contributed by atoms with Crippen LogP contribution in [-0.4, -0.2) is 25.9 Å². The molecule has 0 amide bonds. The molecule has 108 valence electrons. The van der Waals surface area contributed by atoms with Gasteiger partial charge in [-0.05, 0) is 43.9 Å². The molecule has 3 unspecified atom stereocenters. The van der Waals surface area contributed by atoms with Gasteiger partial charge in [0.1, 0.15) is 11.8 Å². The molecule has 0 radical (unpaired) electrons. The molecule has 0 aliphatic heterocycles. The van der Waals surface area contributed by atoms with Gasteiger partial charge in [0.05, 0.1) is 6.10 Å². The molecule has 2 rings (SSSR count). The Bertz CT molecular complexity index is 453. The van der Waals surface area contributed by atoms with E-state index in [-0.39, 0.29) is 6.61 Å². The number of hydrogen-bond donors (Lipinski definition) is 1. The van der Waals surface area contributed by atoms with E-state index >= 15 is 0 Å². The van der Waals surface area contributed by atoms with E-state index in [4.69, 9.17) is 14.7 Å². The number of nitriles is 1. The van der Waals surface area contributed by atoms with Crippen molar-refractivity contribution in [3.8, 4) is 11.8 Å². The SMILES string of the molecule is COC1CCC(NC(C)c2ccc(OCC#N)cc2)C1. The quantitative estimate of drug-likeness (QED) is 0.866. The summed E-state index contributed by atoms with van der Waals surface area (Å²) >= 11 is 0. The number of hydrogen-bond acceptors (Lipinski definition) is 4. The van der Waals surface area contributed by atoms with Crippen molar-refractivity contribution >= 4 is 0 Å². The first kappa shape index (κ1) is 14.8. The van der Waals surface area contributed by atoms with Gasteiger partial charge in [0.15, 0.2) is 6.61 Å². The zero-order valence-electron chi connectivity index (χ0n) is 12.1. The fourth-order valence-electron chi connectivity index (χ4n) is 2.72. The average Bonchev–Trinajstić information content (AvgIpc) is 2.93. The van der Waals surface area contributed by atoms with E-state index < -0.39 is 0 Å². The van der Waals surface area contributed by atoms with E-state index in [9.17, 15) is 0 Å². The largest absolute Gasteiger partial charge is 0.479 e. The highest BCUT2D eigenvalue weighted by Gasteiger charge is 2.25. The van der Waals surface area contributed by atoms with Crippen LogP contribution in [0.3, 0.4) is 0 Å². The topological polar surface area (TPSA) is 54.3 Å². The molecule has 20 heavy (non-hydrogen) atoms. The predicted octanol–water partition coefficient (Wildman–Crippen LogP) is 2.81. The Hall–Kier alpha value is -1.57. The second-order valence-corrected chi connectivity index (χ2v) is 5.27. The fourth-order valence-corrected chi connectivity index (χ4v) is 2.72. The third-order valence-corrected chi connectivity index (χ3v) is 3.89. The second-order valence-electron chi connectivity index (χ2n) is 5.27. The Balaban J connectivity index is 1.86. The molecule has 0 saturated heterocycles. The summed E-state index contributed by atoms with van der Waals surface area (Å²) in [5.74, 6) is 0.739. The van der Waals surface area contributed by atoms with Crippen LogP contribution in [0.1, 0.15) is 37.8 Å². The number of ether oxygens (including phenoxy) is 2. The van der Waals surface area contributed by atoms with E-state index in [2.05, 4.69) is 12.2 Å². The highest BCUT2D eigenvalue weighted by atomic mass is 16.5. The van der Waals surface area contributed by atoms with Gasteiger partial charge >= 0.3 is 0 Å². The van der Waals surface area contributed by atoms with Gasteiger partial charge in [-0.1, -0.05) is 12.1 Å². The smallest absolute Gasteiger partial charge is 0.174 e. The summed E-state index contributed by atoms with van der Waals surface area (Å²) in [6.45, 7) is 2.26. The lowest BCUT2D eigenvalue weighted by Gasteiger charge is -2.20. The molecule has 0 heterocycles. The van der Waals surface area contributed by atoms with Crippen molar-refractivity contribution in [1.29, 1.82) is 5.26 Å². The van der Waals surface area contributed by atoms with Crippen LogP contribution in [0.2, 0.25) is 0 Å². The van der Waals surface area contributed by atoms with Crippen LogP contribution in [0.15, 0.2) is 24.3 Å². The maximum Gasteiger partial charge on any atom is 0.174 e. The number of methoxy groups -OCH3 is 1. The molecule has 1 N–H and O–H groups in total.